The van der Waals surface area contributed by atoms with Crippen LogP contribution in [-0.2, 0) is 22.7 Å². The van der Waals surface area contributed by atoms with E-state index in [1.54, 1.807) is 23.7 Å². The normalized spacial score (nSPS) is 23.0. The van der Waals surface area contributed by atoms with Gasteiger partial charge in [-0.1, -0.05) is 5.16 Å². The van der Waals surface area contributed by atoms with Gasteiger partial charge in [0.25, 0.3) is 5.91 Å². The summed E-state index contributed by atoms with van der Waals surface area (Å²) >= 11 is 1.67. The van der Waals surface area contributed by atoms with Crippen molar-refractivity contribution < 1.29 is 14.0 Å². The number of likely N-dealkylation sites (tertiary alicyclic amines) is 1. The van der Waals surface area contributed by atoms with E-state index in [-0.39, 0.29) is 11.5 Å². The first kappa shape index (κ1) is 16.3. The van der Waals surface area contributed by atoms with Crippen molar-refractivity contribution in [3.63, 3.8) is 0 Å². The largest absolute Gasteiger partial charge is 0.467 e. The predicted octanol–water partition coefficient (Wildman–Crippen LogP) is 2.08. The first-order valence-electron chi connectivity index (χ1n) is 8.31. The number of hydrogen-bond acceptors (Lipinski definition) is 7. The zero-order valence-electron chi connectivity index (χ0n) is 14.0. The van der Waals surface area contributed by atoms with Gasteiger partial charge in [-0.15, -0.1) is 11.3 Å². The second-order valence-corrected chi connectivity index (χ2v) is 7.63. The lowest BCUT2D eigenvalue weighted by molar-refractivity contribution is -0.115. The second-order valence-electron chi connectivity index (χ2n) is 6.57. The van der Waals surface area contributed by atoms with Crippen LogP contribution in [0.2, 0.25) is 0 Å². The summed E-state index contributed by atoms with van der Waals surface area (Å²) in [6, 6.07) is 3.62. The smallest absolute Gasteiger partial charge is 0.269 e. The number of furan rings is 1. The van der Waals surface area contributed by atoms with Crippen LogP contribution in [0.4, 0.5) is 0 Å². The average molecular weight is 360 g/mol. The Bertz CT molecular complexity index is 786. The van der Waals surface area contributed by atoms with Gasteiger partial charge in [0.15, 0.2) is 5.60 Å². The van der Waals surface area contributed by atoms with Gasteiger partial charge in [-0.05, 0) is 19.1 Å². The van der Waals surface area contributed by atoms with Crippen LogP contribution in [0.1, 0.15) is 29.3 Å². The molecule has 1 spiro atoms. The number of nitrogens with zero attached hydrogens (tertiary/aromatic N) is 3. The van der Waals surface area contributed by atoms with Gasteiger partial charge in [0.1, 0.15) is 11.5 Å². The first-order valence-corrected chi connectivity index (χ1v) is 9.19. The van der Waals surface area contributed by atoms with Crippen LogP contribution in [0.25, 0.3) is 0 Å². The molecule has 1 N–H and O–H groups in total. The van der Waals surface area contributed by atoms with Gasteiger partial charge in [0.05, 0.1) is 23.5 Å². The standard InChI is InChI=1S/C17H20N4O3S/c1-12-19-13(10-25-12)9-21-5-4-17(11-21)7-15(20-24-17)16(22)18-8-14-3-2-6-23-14/h2-3,6,10H,4-5,7-9,11H2,1H3,(H,18,22)/t17-/m1/s1. The lowest BCUT2D eigenvalue weighted by Gasteiger charge is -2.21. The lowest BCUT2D eigenvalue weighted by atomic mass is 9.96. The Balaban J connectivity index is 1.29. The molecule has 0 bridgehead atoms. The van der Waals surface area contributed by atoms with E-state index in [0.29, 0.717) is 24.4 Å². The van der Waals surface area contributed by atoms with Crippen molar-refractivity contribution in [2.24, 2.45) is 5.16 Å². The molecule has 2 aromatic heterocycles. The van der Waals surface area contributed by atoms with Gasteiger partial charge >= 0.3 is 0 Å². The van der Waals surface area contributed by atoms with E-state index >= 15 is 0 Å². The fraction of sp³-hybridized carbons (Fsp3) is 0.471. The molecule has 4 rings (SSSR count). The molecule has 8 heteroatoms. The molecule has 0 aliphatic carbocycles. The Labute approximate surface area is 149 Å². The first-order chi connectivity index (χ1) is 12.1. The Morgan fingerprint density at radius 3 is 3.20 bits per heavy atom. The quantitative estimate of drug-likeness (QED) is 0.883. The van der Waals surface area contributed by atoms with Crippen molar-refractivity contribution >= 4 is 23.0 Å². The molecule has 132 valence electrons. The van der Waals surface area contributed by atoms with Gasteiger partial charge in [-0.3, -0.25) is 9.69 Å². The zero-order valence-corrected chi connectivity index (χ0v) is 14.8. The third kappa shape index (κ3) is 3.59. The minimum absolute atomic E-state index is 0.193. The van der Waals surface area contributed by atoms with Crippen LogP contribution < -0.4 is 5.32 Å². The number of rotatable bonds is 5. The van der Waals surface area contributed by atoms with Gasteiger partial charge in [-0.2, -0.15) is 0 Å². The molecule has 1 amide bonds. The van der Waals surface area contributed by atoms with Crippen LogP contribution in [0.5, 0.6) is 0 Å². The molecule has 4 heterocycles. The molecular formula is C17H20N4O3S. The summed E-state index contributed by atoms with van der Waals surface area (Å²) in [7, 11) is 0. The van der Waals surface area contributed by atoms with Gasteiger partial charge in [0, 0.05) is 37.9 Å². The Hall–Kier alpha value is -2.19. The summed E-state index contributed by atoms with van der Waals surface area (Å²) in [5.74, 6) is 0.523. The van der Waals surface area contributed by atoms with E-state index in [9.17, 15) is 4.79 Å². The maximum atomic E-state index is 12.3. The second kappa shape index (κ2) is 6.61. The molecule has 0 saturated carbocycles. The number of thiazole rings is 1. The lowest BCUT2D eigenvalue weighted by Crippen LogP contribution is -2.36. The maximum Gasteiger partial charge on any atom is 0.269 e. The van der Waals surface area contributed by atoms with Gasteiger partial charge < -0.3 is 14.6 Å². The minimum Gasteiger partial charge on any atom is -0.467 e. The van der Waals surface area contributed by atoms with Gasteiger partial charge in [0.2, 0.25) is 0 Å². The van der Waals surface area contributed by atoms with Crippen LogP contribution >= 0.6 is 11.3 Å². The van der Waals surface area contributed by atoms with Crippen LogP contribution in [0.3, 0.4) is 0 Å². The number of hydrogen-bond donors (Lipinski definition) is 1. The summed E-state index contributed by atoms with van der Waals surface area (Å²) in [5, 5.41) is 10.1. The average Bonchev–Trinajstić information content (AvgIpc) is 3.37. The molecule has 2 aliphatic heterocycles. The van der Waals surface area contributed by atoms with E-state index < -0.39 is 0 Å². The van der Waals surface area contributed by atoms with E-state index in [1.807, 2.05) is 13.0 Å². The summed E-state index contributed by atoms with van der Waals surface area (Å²) in [4.78, 5) is 24.8. The topological polar surface area (TPSA) is 80.0 Å². The Morgan fingerprint density at radius 2 is 2.44 bits per heavy atom. The number of amides is 1. The highest BCUT2D eigenvalue weighted by Gasteiger charge is 2.46. The molecular weight excluding hydrogens is 340 g/mol. The highest BCUT2D eigenvalue weighted by atomic mass is 32.1. The SMILES string of the molecule is Cc1nc(CN2CC[C@@]3(CC(C(=O)NCc4ccco4)=NO3)C2)cs1. The van der Waals surface area contributed by atoms with Crippen molar-refractivity contribution in [1.82, 2.24) is 15.2 Å². The van der Waals surface area contributed by atoms with Crippen molar-refractivity contribution in [2.45, 2.75) is 38.5 Å². The monoisotopic (exact) mass is 360 g/mol. The number of carbonyl (C=O) groups is 1. The molecule has 0 aromatic carbocycles. The number of carbonyl (C=O) groups excluding carboxylic acids is 1. The summed E-state index contributed by atoms with van der Waals surface area (Å²) in [5.41, 5.74) is 1.18. The molecule has 2 aromatic rings. The van der Waals surface area contributed by atoms with Crippen molar-refractivity contribution in [3.05, 3.63) is 40.2 Å². The van der Waals surface area contributed by atoms with Gasteiger partial charge in [-0.25, -0.2) is 4.98 Å². The fourth-order valence-corrected chi connectivity index (χ4v) is 3.92. The Morgan fingerprint density at radius 1 is 1.52 bits per heavy atom. The number of aromatic nitrogens is 1. The van der Waals surface area contributed by atoms with E-state index in [2.05, 4.69) is 25.7 Å². The number of aryl methyl sites for hydroxylation is 1. The predicted molar refractivity (Wildman–Crippen MR) is 93.2 cm³/mol. The summed E-state index contributed by atoms with van der Waals surface area (Å²) in [6.07, 6.45) is 3.00. The molecule has 1 fully saturated rings. The Kier molecular flexibility index (Phi) is 4.30. The highest BCUT2D eigenvalue weighted by molar-refractivity contribution is 7.09. The third-order valence-electron chi connectivity index (χ3n) is 4.55. The maximum absolute atomic E-state index is 12.3. The summed E-state index contributed by atoms with van der Waals surface area (Å²) < 4.78 is 5.21. The van der Waals surface area contributed by atoms with E-state index in [1.165, 1.54) is 0 Å². The fourth-order valence-electron chi connectivity index (χ4n) is 3.32. The molecule has 0 radical (unpaired) electrons. The van der Waals surface area contributed by atoms with E-state index in [4.69, 9.17) is 9.25 Å². The molecule has 1 atom stereocenters. The number of nitrogens with one attached hydrogen (secondary N) is 1. The molecule has 2 aliphatic rings. The van der Waals surface area contributed by atoms with Crippen LogP contribution in [0.15, 0.2) is 33.3 Å². The van der Waals surface area contributed by atoms with E-state index in [0.717, 1.165) is 36.8 Å². The van der Waals surface area contributed by atoms with Crippen molar-refractivity contribution in [2.75, 3.05) is 13.1 Å². The molecule has 0 unspecified atom stereocenters. The number of oxime groups is 1. The van der Waals surface area contributed by atoms with Crippen LogP contribution in [0, 0.1) is 6.92 Å². The van der Waals surface area contributed by atoms with Crippen molar-refractivity contribution in [1.29, 1.82) is 0 Å². The minimum atomic E-state index is -0.373. The third-order valence-corrected chi connectivity index (χ3v) is 5.37. The molecule has 1 saturated heterocycles. The highest BCUT2D eigenvalue weighted by Crippen LogP contribution is 2.34. The van der Waals surface area contributed by atoms with Crippen LogP contribution in [-0.4, -0.2) is 40.2 Å². The summed E-state index contributed by atoms with van der Waals surface area (Å²) in [6.45, 7) is 4.87. The zero-order chi connectivity index (χ0) is 17.3. The molecule has 7 nitrogen and oxygen atoms in total. The molecule has 25 heavy (non-hydrogen) atoms. The van der Waals surface area contributed by atoms with Crippen molar-refractivity contribution in [3.8, 4) is 0 Å².